The Morgan fingerprint density at radius 3 is 0.816 bits per heavy atom. The van der Waals surface area contributed by atoms with Crippen LogP contribution in [0.1, 0.15) is 82.0 Å². The highest BCUT2D eigenvalue weighted by molar-refractivity contribution is 5.66. The van der Waals surface area contributed by atoms with Gasteiger partial charge in [-0.1, -0.05) is 140 Å². The Bertz CT molecular complexity index is 4740. The number of alkyl halides is 9. The summed E-state index contributed by atoms with van der Waals surface area (Å²) in [7, 11) is 0. The number of nitrogens with two attached hydrogens (primary N) is 3. The van der Waals surface area contributed by atoms with E-state index in [4.69, 9.17) is 45.6 Å². The van der Waals surface area contributed by atoms with Crippen LogP contribution in [0.5, 0.6) is 69.0 Å². The Kier molecular flexibility index (Phi) is 22.2. The first-order chi connectivity index (χ1) is 48.8. The fourth-order valence-corrected chi connectivity index (χ4v) is 11.1. The van der Waals surface area contributed by atoms with Crippen molar-refractivity contribution in [2.24, 2.45) is 0 Å². The normalized spacial score (nSPS) is 12.1. The van der Waals surface area contributed by atoms with Gasteiger partial charge in [0.2, 0.25) is 0 Å². The molecule has 0 saturated heterocycles. The fourth-order valence-electron chi connectivity index (χ4n) is 11.1. The lowest BCUT2D eigenvalue weighted by molar-refractivity contribution is -0.173. The zero-order valence-corrected chi connectivity index (χ0v) is 57.5. The molecule has 0 saturated carbocycles. The van der Waals surface area contributed by atoms with Crippen LogP contribution in [-0.2, 0) is 23.2 Å². The van der Waals surface area contributed by atoms with E-state index in [2.05, 4.69) is 26.0 Å². The molecule has 0 bridgehead atoms. The number of hydrogen-bond donors (Lipinski definition) is 3. The van der Waals surface area contributed by atoms with Crippen LogP contribution in [0.4, 0.5) is 56.6 Å². The van der Waals surface area contributed by atoms with Crippen molar-refractivity contribution in [2.75, 3.05) is 17.2 Å². The number of ether oxygens (including phenoxy) is 6. The van der Waals surface area contributed by atoms with Gasteiger partial charge in [0, 0.05) is 22.5 Å². The van der Waals surface area contributed by atoms with E-state index in [1.54, 1.807) is 72.8 Å². The Labute approximate surface area is 592 Å². The number of benzene rings is 12. The molecule has 0 aliphatic carbocycles. The van der Waals surface area contributed by atoms with Crippen LogP contribution in [0.3, 0.4) is 0 Å². The number of anilines is 3. The zero-order chi connectivity index (χ0) is 74.0. The van der Waals surface area contributed by atoms with Crippen LogP contribution in [0, 0.1) is 34.6 Å². The molecule has 0 aliphatic heterocycles. The van der Waals surface area contributed by atoms with Crippen molar-refractivity contribution in [3.05, 3.63) is 328 Å². The average molecular weight is 1400 g/mol. The minimum atomic E-state index is -4.57. The summed E-state index contributed by atoms with van der Waals surface area (Å²) in [5.74, 6) is 5.16. The van der Waals surface area contributed by atoms with E-state index in [1.807, 2.05) is 144 Å². The van der Waals surface area contributed by atoms with E-state index >= 15 is 0 Å². The molecule has 0 aromatic heterocycles. The Morgan fingerprint density at radius 2 is 0.505 bits per heavy atom. The second kappa shape index (κ2) is 31.0. The van der Waals surface area contributed by atoms with Crippen molar-refractivity contribution in [3.63, 3.8) is 0 Å². The molecule has 12 aromatic rings. The summed E-state index contributed by atoms with van der Waals surface area (Å²) in [5, 5.41) is 0. The summed E-state index contributed by atoms with van der Waals surface area (Å²) >= 11 is 0. The molecule has 1 atom stereocenters. The van der Waals surface area contributed by atoms with Gasteiger partial charge in [-0.3, -0.25) is 0 Å². The molecular formula is C85H74F9N3O6. The van der Waals surface area contributed by atoms with Gasteiger partial charge >= 0.3 is 18.5 Å². The third kappa shape index (κ3) is 18.8. The van der Waals surface area contributed by atoms with Gasteiger partial charge in [-0.05, 0) is 244 Å². The first kappa shape index (κ1) is 73.9. The first-order valence-electron chi connectivity index (χ1n) is 32.5. The van der Waals surface area contributed by atoms with Gasteiger partial charge in [-0.15, -0.1) is 0 Å². The van der Waals surface area contributed by atoms with Gasteiger partial charge in [-0.2, -0.15) is 39.5 Å². The minimum Gasteiger partial charge on any atom is -0.457 e. The van der Waals surface area contributed by atoms with Crippen LogP contribution < -0.4 is 45.6 Å². The Hall–Kier alpha value is -11.8. The van der Waals surface area contributed by atoms with E-state index in [9.17, 15) is 39.5 Å². The van der Waals surface area contributed by atoms with Gasteiger partial charge in [0.1, 0.15) is 85.5 Å². The average Bonchev–Trinajstić information content (AvgIpc) is 0.755. The summed E-state index contributed by atoms with van der Waals surface area (Å²) in [6, 6.07) is 74.7. The highest BCUT2D eigenvalue weighted by Crippen LogP contribution is 2.48. The van der Waals surface area contributed by atoms with Crippen LogP contribution in [0.25, 0.3) is 11.1 Å². The van der Waals surface area contributed by atoms with Crippen LogP contribution in [0.2, 0.25) is 0 Å². The van der Waals surface area contributed by atoms with Crippen LogP contribution in [-0.4, -0.2) is 6.18 Å². The smallest absolute Gasteiger partial charge is 0.420 e. The molecule has 12 rings (SSSR count). The summed E-state index contributed by atoms with van der Waals surface area (Å²) in [6.45, 7) is 15.4. The summed E-state index contributed by atoms with van der Waals surface area (Å²) in [6.07, 6.45) is -13.7. The zero-order valence-electron chi connectivity index (χ0n) is 57.5. The molecule has 1 unspecified atom stereocenters. The molecule has 6 N–H and O–H groups in total. The fraction of sp³-hybridized carbons (Fsp3) is 0.153. The number of halogens is 9. The molecule has 0 aliphatic rings. The van der Waals surface area contributed by atoms with Crippen molar-refractivity contribution in [3.8, 4) is 80.1 Å². The van der Waals surface area contributed by atoms with Crippen LogP contribution >= 0.6 is 0 Å². The second-order valence-corrected chi connectivity index (χ2v) is 25.4. The highest BCUT2D eigenvalue weighted by atomic mass is 19.4. The lowest BCUT2D eigenvalue weighted by atomic mass is 9.75. The molecule has 103 heavy (non-hydrogen) atoms. The van der Waals surface area contributed by atoms with E-state index in [-0.39, 0.29) is 39.4 Å². The lowest BCUT2D eigenvalue weighted by Gasteiger charge is -2.33. The van der Waals surface area contributed by atoms with E-state index in [0.29, 0.717) is 45.9 Å². The third-order valence-electron chi connectivity index (χ3n) is 17.2. The minimum absolute atomic E-state index is 0.0231. The molecule has 0 spiro atoms. The quantitative estimate of drug-likeness (QED) is 0.0602. The van der Waals surface area contributed by atoms with Gasteiger partial charge in [0.05, 0.1) is 0 Å². The SMILES string of the molecule is Cc1ccc(Oc2ccc(-c3ccc(Oc4ccc(N)cc4C(F)(F)F)cc3)cc2)c(C)c1.Cc1ccc(Oc2ccc(C(C)(C)c3ccc(Oc4ccc(N)cc4C(F)(F)F)cc3)cc2)c(C)c1.Cc1ccc(Oc2ccc(C(C)(c3ccc(Oc4ccc(N)cc4)cc3)C(F)(F)F)cc2)cc1. The summed E-state index contributed by atoms with van der Waals surface area (Å²) in [5.41, 5.74) is 22.7. The van der Waals surface area contributed by atoms with Gasteiger partial charge in [0.15, 0.2) is 0 Å². The van der Waals surface area contributed by atoms with Crippen molar-refractivity contribution in [1.29, 1.82) is 0 Å². The van der Waals surface area contributed by atoms with E-state index < -0.39 is 35.1 Å². The molecule has 528 valence electrons. The molecule has 0 heterocycles. The van der Waals surface area contributed by atoms with Crippen molar-refractivity contribution in [1.82, 2.24) is 0 Å². The maximum Gasteiger partial charge on any atom is 0.420 e. The number of hydrogen-bond acceptors (Lipinski definition) is 9. The highest BCUT2D eigenvalue weighted by Gasteiger charge is 2.53. The molecular weight excluding hydrogens is 1330 g/mol. The molecule has 0 amide bonds. The van der Waals surface area contributed by atoms with Crippen molar-refractivity contribution in [2.45, 2.75) is 84.7 Å². The number of aryl methyl sites for hydroxylation is 5. The van der Waals surface area contributed by atoms with Gasteiger partial charge in [-0.25, -0.2) is 0 Å². The van der Waals surface area contributed by atoms with Gasteiger partial charge in [0.25, 0.3) is 0 Å². The maximum absolute atomic E-state index is 14.4. The molecule has 0 fully saturated rings. The molecule has 9 nitrogen and oxygen atoms in total. The third-order valence-corrected chi connectivity index (χ3v) is 17.2. The largest absolute Gasteiger partial charge is 0.457 e. The number of rotatable bonds is 17. The van der Waals surface area contributed by atoms with Gasteiger partial charge < -0.3 is 45.6 Å². The molecule has 18 heteroatoms. The predicted molar refractivity (Wildman–Crippen MR) is 388 cm³/mol. The Morgan fingerprint density at radius 1 is 0.252 bits per heavy atom. The topological polar surface area (TPSA) is 133 Å². The lowest BCUT2D eigenvalue weighted by Crippen LogP contribution is -2.40. The monoisotopic (exact) mass is 1400 g/mol. The van der Waals surface area contributed by atoms with E-state index in [0.717, 1.165) is 68.3 Å². The van der Waals surface area contributed by atoms with Crippen molar-refractivity contribution >= 4 is 17.1 Å². The second-order valence-electron chi connectivity index (χ2n) is 25.4. The first-order valence-corrected chi connectivity index (χ1v) is 32.5. The van der Waals surface area contributed by atoms with E-state index in [1.165, 1.54) is 78.7 Å². The molecule has 12 aromatic carbocycles. The van der Waals surface area contributed by atoms with Crippen molar-refractivity contribution < 1.29 is 67.9 Å². The predicted octanol–water partition coefficient (Wildman–Crippen LogP) is 25.0. The van der Waals surface area contributed by atoms with Crippen LogP contribution in [0.15, 0.2) is 267 Å². The summed E-state index contributed by atoms with van der Waals surface area (Å²) < 4.78 is 158. The summed E-state index contributed by atoms with van der Waals surface area (Å²) in [4.78, 5) is 0. The standard InChI is InChI=1S/C30H28F3NO2.C28H24F3NO2.C27H22F3NO2/c1-19-5-15-27(20(2)17-19)35-24-11-6-21(7-12-24)29(3,4)22-8-13-25(14-9-22)36-28-16-10-23(34)18-26(28)30(31,32)33;1-19-3-11-23(12-4-19)33-24-13-5-20(6-14-24)27(2,28(29,30)31)21-7-15-25(16-8-21)34-26-17-9-22(32)10-18-26;1-17-3-13-25(18(2)15-17)32-22-9-4-19(5-10-22)20-6-11-23(12-7-20)33-26-14-8-21(31)16-24(26)27(28,29)30/h5-18H,34H2,1-4H3;3-18H,32H2,1-2H3;3-16H,31H2,1-2H3. The molecule has 0 radical (unpaired) electrons. The Balaban J connectivity index is 0.000000166. The maximum atomic E-state index is 14.4. The number of nitrogen functional groups attached to an aromatic ring is 3.